The Morgan fingerprint density at radius 3 is 2.89 bits per heavy atom. The zero-order chi connectivity index (χ0) is 13.7. The molecule has 4 heteroatoms. The molecule has 1 heterocycles. The number of benzene rings is 1. The normalized spacial score (nSPS) is 12.4. The minimum atomic E-state index is 0.153. The molecular formula is C15H18BrNOS. The lowest BCUT2D eigenvalue weighted by atomic mass is 10.2. The van der Waals surface area contributed by atoms with Gasteiger partial charge in [-0.3, -0.25) is 0 Å². The second-order valence-electron chi connectivity index (χ2n) is 4.55. The van der Waals surface area contributed by atoms with Crippen LogP contribution in [0.1, 0.15) is 17.4 Å². The van der Waals surface area contributed by atoms with E-state index in [9.17, 15) is 0 Å². The molecule has 0 fully saturated rings. The van der Waals surface area contributed by atoms with E-state index < -0.39 is 0 Å². The summed E-state index contributed by atoms with van der Waals surface area (Å²) in [6.45, 7) is 5.90. The minimum Gasteiger partial charge on any atom is -0.489 e. The number of nitrogens with one attached hydrogen (secondary N) is 1. The van der Waals surface area contributed by atoms with Gasteiger partial charge in [0.2, 0.25) is 0 Å². The van der Waals surface area contributed by atoms with Crippen molar-refractivity contribution in [3.63, 3.8) is 0 Å². The first kappa shape index (κ1) is 14.6. The van der Waals surface area contributed by atoms with Crippen molar-refractivity contribution < 1.29 is 4.74 Å². The van der Waals surface area contributed by atoms with Gasteiger partial charge in [0, 0.05) is 22.4 Å². The smallest absolute Gasteiger partial charge is 0.122 e. The van der Waals surface area contributed by atoms with Gasteiger partial charge >= 0.3 is 0 Å². The van der Waals surface area contributed by atoms with Crippen molar-refractivity contribution in [2.75, 3.05) is 6.54 Å². The maximum atomic E-state index is 5.94. The van der Waals surface area contributed by atoms with Crippen molar-refractivity contribution in [2.24, 2.45) is 0 Å². The standard InChI is InChI=1S/C15H18BrNOS/c1-11-8-13(16)5-6-15(11)18-12(2)9-17-10-14-4-3-7-19-14/h3-8,12,17H,9-10H2,1-2H3. The Morgan fingerprint density at radius 1 is 1.37 bits per heavy atom. The molecule has 0 spiro atoms. The van der Waals surface area contributed by atoms with E-state index in [0.717, 1.165) is 28.9 Å². The van der Waals surface area contributed by atoms with Crippen molar-refractivity contribution >= 4 is 27.3 Å². The van der Waals surface area contributed by atoms with Crippen LogP contribution in [0.3, 0.4) is 0 Å². The van der Waals surface area contributed by atoms with E-state index in [1.54, 1.807) is 11.3 Å². The molecular weight excluding hydrogens is 322 g/mol. The largest absolute Gasteiger partial charge is 0.489 e. The Morgan fingerprint density at radius 2 is 2.21 bits per heavy atom. The molecule has 2 aromatic rings. The first-order valence-corrected chi connectivity index (χ1v) is 7.98. The Labute approximate surface area is 126 Å². The van der Waals surface area contributed by atoms with Crippen LogP contribution in [0.4, 0.5) is 0 Å². The SMILES string of the molecule is Cc1cc(Br)ccc1OC(C)CNCc1cccs1. The Hall–Kier alpha value is -0.840. The first-order chi connectivity index (χ1) is 9.15. The third kappa shape index (κ3) is 4.64. The molecule has 1 aromatic heterocycles. The zero-order valence-electron chi connectivity index (χ0n) is 11.2. The molecule has 19 heavy (non-hydrogen) atoms. The molecule has 1 unspecified atom stereocenters. The Balaban J connectivity index is 1.79. The molecule has 1 N–H and O–H groups in total. The lowest BCUT2D eigenvalue weighted by molar-refractivity contribution is 0.215. The molecule has 1 atom stereocenters. The number of ether oxygens (including phenoxy) is 1. The van der Waals surface area contributed by atoms with E-state index in [4.69, 9.17) is 4.74 Å². The highest BCUT2D eigenvalue weighted by molar-refractivity contribution is 9.10. The van der Waals surface area contributed by atoms with Crippen LogP contribution in [0.2, 0.25) is 0 Å². The maximum absolute atomic E-state index is 5.94. The van der Waals surface area contributed by atoms with Crippen molar-refractivity contribution in [1.29, 1.82) is 0 Å². The second-order valence-corrected chi connectivity index (χ2v) is 6.50. The molecule has 1 aromatic carbocycles. The van der Waals surface area contributed by atoms with Crippen molar-refractivity contribution in [3.05, 3.63) is 50.6 Å². The summed E-state index contributed by atoms with van der Waals surface area (Å²) in [6, 6.07) is 10.3. The molecule has 0 bridgehead atoms. The summed E-state index contributed by atoms with van der Waals surface area (Å²) in [5, 5.41) is 5.51. The van der Waals surface area contributed by atoms with E-state index in [0.29, 0.717) is 0 Å². The highest BCUT2D eigenvalue weighted by Gasteiger charge is 2.06. The second kappa shape index (κ2) is 7.08. The highest BCUT2D eigenvalue weighted by atomic mass is 79.9. The van der Waals surface area contributed by atoms with E-state index in [1.807, 2.05) is 12.1 Å². The average molecular weight is 340 g/mol. The van der Waals surface area contributed by atoms with E-state index in [1.165, 1.54) is 4.88 Å². The average Bonchev–Trinajstić information content (AvgIpc) is 2.86. The molecule has 2 rings (SSSR count). The fourth-order valence-corrected chi connectivity index (χ4v) is 2.97. The number of hydrogen-bond donors (Lipinski definition) is 1. The monoisotopic (exact) mass is 339 g/mol. The van der Waals surface area contributed by atoms with E-state index >= 15 is 0 Å². The van der Waals surface area contributed by atoms with Gasteiger partial charge in [0.15, 0.2) is 0 Å². The first-order valence-electron chi connectivity index (χ1n) is 6.31. The summed E-state index contributed by atoms with van der Waals surface area (Å²) in [7, 11) is 0. The predicted octanol–water partition coefficient (Wildman–Crippen LogP) is 4.38. The summed E-state index contributed by atoms with van der Waals surface area (Å²) in [5.41, 5.74) is 1.15. The topological polar surface area (TPSA) is 21.3 Å². The van der Waals surface area contributed by atoms with Crippen LogP contribution in [0, 0.1) is 6.92 Å². The third-order valence-electron chi connectivity index (χ3n) is 2.78. The zero-order valence-corrected chi connectivity index (χ0v) is 13.6. The van der Waals surface area contributed by atoms with E-state index in [-0.39, 0.29) is 6.10 Å². The van der Waals surface area contributed by atoms with Gasteiger partial charge in [0.05, 0.1) is 0 Å². The summed E-state index contributed by atoms with van der Waals surface area (Å²) in [4.78, 5) is 1.35. The summed E-state index contributed by atoms with van der Waals surface area (Å²) in [6.07, 6.45) is 0.153. The van der Waals surface area contributed by atoms with Crippen LogP contribution in [-0.2, 0) is 6.54 Å². The molecule has 0 aliphatic carbocycles. The van der Waals surface area contributed by atoms with Gasteiger partial charge < -0.3 is 10.1 Å². The van der Waals surface area contributed by atoms with Crippen LogP contribution in [-0.4, -0.2) is 12.6 Å². The van der Waals surface area contributed by atoms with E-state index in [2.05, 4.69) is 58.7 Å². The van der Waals surface area contributed by atoms with Crippen molar-refractivity contribution in [2.45, 2.75) is 26.5 Å². The molecule has 0 amide bonds. The van der Waals surface area contributed by atoms with Gasteiger partial charge in [-0.25, -0.2) is 0 Å². The quantitative estimate of drug-likeness (QED) is 0.843. The number of halogens is 1. The van der Waals surface area contributed by atoms with Gasteiger partial charge in [-0.1, -0.05) is 22.0 Å². The number of rotatable bonds is 6. The fourth-order valence-electron chi connectivity index (χ4n) is 1.82. The molecule has 0 radical (unpaired) electrons. The lowest BCUT2D eigenvalue weighted by Crippen LogP contribution is -2.28. The third-order valence-corrected chi connectivity index (χ3v) is 4.15. The summed E-state index contributed by atoms with van der Waals surface area (Å²) in [5.74, 6) is 0.952. The number of thiophene rings is 1. The summed E-state index contributed by atoms with van der Waals surface area (Å²) >= 11 is 5.23. The van der Waals surface area contributed by atoms with Gasteiger partial charge in [-0.15, -0.1) is 11.3 Å². The van der Waals surface area contributed by atoms with Crippen LogP contribution >= 0.6 is 27.3 Å². The van der Waals surface area contributed by atoms with Gasteiger partial charge in [-0.2, -0.15) is 0 Å². The molecule has 0 saturated carbocycles. The lowest BCUT2D eigenvalue weighted by Gasteiger charge is -2.17. The van der Waals surface area contributed by atoms with Crippen molar-refractivity contribution in [3.8, 4) is 5.75 Å². The molecule has 2 nitrogen and oxygen atoms in total. The highest BCUT2D eigenvalue weighted by Crippen LogP contribution is 2.23. The maximum Gasteiger partial charge on any atom is 0.122 e. The fraction of sp³-hybridized carbons (Fsp3) is 0.333. The van der Waals surface area contributed by atoms with Gasteiger partial charge in [0.25, 0.3) is 0 Å². The predicted molar refractivity (Wildman–Crippen MR) is 85.0 cm³/mol. The Bertz CT molecular complexity index is 513. The Kier molecular flexibility index (Phi) is 5.43. The van der Waals surface area contributed by atoms with Crippen molar-refractivity contribution in [1.82, 2.24) is 5.32 Å². The van der Waals surface area contributed by atoms with Gasteiger partial charge in [-0.05, 0) is 49.1 Å². The molecule has 0 aliphatic heterocycles. The van der Waals surface area contributed by atoms with Crippen LogP contribution in [0.5, 0.6) is 5.75 Å². The van der Waals surface area contributed by atoms with Crippen LogP contribution in [0.15, 0.2) is 40.2 Å². The van der Waals surface area contributed by atoms with Crippen LogP contribution in [0.25, 0.3) is 0 Å². The van der Waals surface area contributed by atoms with Gasteiger partial charge in [0.1, 0.15) is 11.9 Å². The molecule has 102 valence electrons. The number of aryl methyl sites for hydroxylation is 1. The van der Waals surface area contributed by atoms with Crippen LogP contribution < -0.4 is 10.1 Å². The summed E-state index contributed by atoms with van der Waals surface area (Å²) < 4.78 is 7.02. The number of hydrogen-bond acceptors (Lipinski definition) is 3. The molecule has 0 aliphatic rings. The minimum absolute atomic E-state index is 0.153. The molecule has 0 saturated heterocycles.